The largest absolute Gasteiger partial charge is 0.496 e. The van der Waals surface area contributed by atoms with Gasteiger partial charge in [-0.25, -0.2) is 9.97 Å². The number of nitrogens with one attached hydrogen (secondary N) is 1. The van der Waals surface area contributed by atoms with Crippen LogP contribution in [0.25, 0.3) is 10.2 Å². The highest BCUT2D eigenvalue weighted by atomic mass is 32.1. The van der Waals surface area contributed by atoms with E-state index in [9.17, 15) is 0 Å². The van der Waals surface area contributed by atoms with E-state index in [1.165, 1.54) is 21.4 Å². The maximum Gasteiger partial charge on any atom is 0.138 e. The van der Waals surface area contributed by atoms with Crippen molar-refractivity contribution in [1.82, 2.24) is 14.9 Å². The Morgan fingerprint density at radius 1 is 1.19 bits per heavy atom. The van der Waals surface area contributed by atoms with Gasteiger partial charge in [-0.2, -0.15) is 0 Å². The topological polar surface area (TPSA) is 50.3 Å². The van der Waals surface area contributed by atoms with Gasteiger partial charge in [0.05, 0.1) is 12.5 Å². The van der Waals surface area contributed by atoms with Crippen LogP contribution in [0.5, 0.6) is 5.75 Å². The first-order chi connectivity index (χ1) is 13.2. The first kappa shape index (κ1) is 18.2. The summed E-state index contributed by atoms with van der Waals surface area (Å²) in [6.07, 6.45) is 3.91. The van der Waals surface area contributed by atoms with Gasteiger partial charge in [-0.05, 0) is 38.3 Å². The predicted octanol–water partition coefficient (Wildman–Crippen LogP) is 4.39. The van der Waals surface area contributed by atoms with Gasteiger partial charge in [-0.15, -0.1) is 11.3 Å². The number of nitrogens with zero attached hydrogens (tertiary/aromatic N) is 3. The number of aromatic nitrogens is 2. The average Bonchev–Trinajstić information content (AvgIpc) is 2.99. The summed E-state index contributed by atoms with van der Waals surface area (Å²) in [6.45, 7) is 7.41. The summed E-state index contributed by atoms with van der Waals surface area (Å²) >= 11 is 1.75. The van der Waals surface area contributed by atoms with Crippen LogP contribution in [-0.2, 0) is 6.54 Å². The van der Waals surface area contributed by atoms with Crippen LogP contribution in [0.2, 0.25) is 0 Å². The number of hydrogen-bond donors (Lipinski definition) is 1. The van der Waals surface area contributed by atoms with E-state index >= 15 is 0 Å². The van der Waals surface area contributed by atoms with E-state index in [0.717, 1.165) is 48.9 Å². The average molecular weight is 383 g/mol. The molecule has 3 aromatic rings. The predicted molar refractivity (Wildman–Crippen MR) is 112 cm³/mol. The Kier molecular flexibility index (Phi) is 5.27. The third-order valence-electron chi connectivity index (χ3n) is 5.48. The van der Waals surface area contributed by atoms with Crippen molar-refractivity contribution in [2.75, 3.05) is 25.5 Å². The van der Waals surface area contributed by atoms with Crippen molar-refractivity contribution in [3.05, 3.63) is 46.6 Å². The number of likely N-dealkylation sites (tertiary alicyclic amines) is 1. The quantitative estimate of drug-likeness (QED) is 0.709. The third kappa shape index (κ3) is 3.77. The maximum atomic E-state index is 5.49. The number of thiophene rings is 1. The fourth-order valence-corrected chi connectivity index (χ4v) is 4.79. The van der Waals surface area contributed by atoms with Crippen LogP contribution in [0, 0.1) is 13.8 Å². The number of aryl methyl sites for hydroxylation is 2. The number of hydrogen-bond acceptors (Lipinski definition) is 6. The summed E-state index contributed by atoms with van der Waals surface area (Å²) in [4.78, 5) is 13.9. The van der Waals surface area contributed by atoms with E-state index in [1.807, 2.05) is 12.1 Å². The number of fused-ring (bicyclic) bond motifs is 1. The number of para-hydroxylation sites is 1. The Morgan fingerprint density at radius 3 is 2.74 bits per heavy atom. The summed E-state index contributed by atoms with van der Waals surface area (Å²) in [5, 5.41) is 4.88. The molecule has 1 aliphatic rings. The molecule has 2 aromatic heterocycles. The molecule has 3 heterocycles. The second-order valence-electron chi connectivity index (χ2n) is 7.19. The number of ether oxygens (including phenoxy) is 1. The first-order valence-corrected chi connectivity index (χ1v) is 10.3. The van der Waals surface area contributed by atoms with Gasteiger partial charge in [0, 0.05) is 36.1 Å². The molecule has 1 fully saturated rings. The van der Waals surface area contributed by atoms with Crippen molar-refractivity contribution in [3.8, 4) is 5.75 Å². The second kappa shape index (κ2) is 7.82. The van der Waals surface area contributed by atoms with E-state index < -0.39 is 0 Å². The highest BCUT2D eigenvalue weighted by Gasteiger charge is 2.22. The zero-order chi connectivity index (χ0) is 18.8. The lowest BCUT2D eigenvalue weighted by Gasteiger charge is -2.33. The van der Waals surface area contributed by atoms with Gasteiger partial charge in [0.25, 0.3) is 0 Å². The molecular formula is C21H26N4OS. The van der Waals surface area contributed by atoms with E-state index in [4.69, 9.17) is 4.74 Å². The highest BCUT2D eigenvalue weighted by Crippen LogP contribution is 2.33. The summed E-state index contributed by atoms with van der Waals surface area (Å²) in [7, 11) is 1.74. The van der Waals surface area contributed by atoms with Crippen molar-refractivity contribution in [2.24, 2.45) is 0 Å². The van der Waals surface area contributed by atoms with Crippen molar-refractivity contribution < 1.29 is 4.74 Å². The smallest absolute Gasteiger partial charge is 0.138 e. The fraction of sp³-hybridized carbons (Fsp3) is 0.429. The van der Waals surface area contributed by atoms with Crippen molar-refractivity contribution >= 4 is 27.4 Å². The minimum atomic E-state index is 0.455. The first-order valence-electron chi connectivity index (χ1n) is 9.47. The van der Waals surface area contributed by atoms with E-state index in [2.05, 4.69) is 46.2 Å². The number of anilines is 1. The molecule has 1 aliphatic heterocycles. The van der Waals surface area contributed by atoms with E-state index in [1.54, 1.807) is 24.8 Å². The monoisotopic (exact) mass is 382 g/mol. The summed E-state index contributed by atoms with van der Waals surface area (Å²) in [5.41, 5.74) is 2.56. The van der Waals surface area contributed by atoms with Crippen molar-refractivity contribution in [1.29, 1.82) is 0 Å². The molecule has 0 spiro atoms. The molecule has 1 aromatic carbocycles. The molecule has 0 aliphatic carbocycles. The van der Waals surface area contributed by atoms with Gasteiger partial charge in [-0.1, -0.05) is 18.2 Å². The Labute approximate surface area is 164 Å². The SMILES string of the molecule is COc1ccccc1CN1CCC(Nc2ncnc3sc(C)c(C)c23)CC1. The van der Waals surface area contributed by atoms with Crippen LogP contribution < -0.4 is 10.1 Å². The van der Waals surface area contributed by atoms with Crippen LogP contribution in [0.1, 0.15) is 28.8 Å². The molecule has 0 unspecified atom stereocenters. The molecule has 5 nitrogen and oxygen atoms in total. The van der Waals surface area contributed by atoms with Crippen LogP contribution in [0.4, 0.5) is 5.82 Å². The highest BCUT2D eigenvalue weighted by molar-refractivity contribution is 7.18. The molecule has 0 bridgehead atoms. The molecule has 142 valence electrons. The Bertz CT molecular complexity index is 931. The standard InChI is InChI=1S/C21H26N4OS/c1-14-15(2)27-21-19(14)20(22-13-23-21)24-17-8-10-25(11-9-17)12-16-6-4-5-7-18(16)26-3/h4-7,13,17H,8-12H2,1-3H3,(H,22,23,24). The summed E-state index contributed by atoms with van der Waals surface area (Å²) in [6, 6.07) is 8.75. The van der Waals surface area contributed by atoms with Crippen LogP contribution >= 0.6 is 11.3 Å². The molecular weight excluding hydrogens is 356 g/mol. The molecule has 1 N–H and O–H groups in total. The van der Waals surface area contributed by atoms with Gasteiger partial charge in [0.1, 0.15) is 22.7 Å². The summed E-state index contributed by atoms with van der Waals surface area (Å²) in [5.74, 6) is 1.97. The number of piperidine rings is 1. The van der Waals surface area contributed by atoms with Crippen LogP contribution in [0.3, 0.4) is 0 Å². The lowest BCUT2D eigenvalue weighted by Crippen LogP contribution is -2.38. The Balaban J connectivity index is 1.40. The van der Waals surface area contributed by atoms with Crippen molar-refractivity contribution in [3.63, 3.8) is 0 Å². The van der Waals surface area contributed by atoms with E-state index in [0.29, 0.717) is 6.04 Å². The third-order valence-corrected chi connectivity index (χ3v) is 6.60. The zero-order valence-corrected chi connectivity index (χ0v) is 17.0. The molecule has 27 heavy (non-hydrogen) atoms. The minimum absolute atomic E-state index is 0.455. The molecule has 0 saturated carbocycles. The number of benzene rings is 1. The summed E-state index contributed by atoms with van der Waals surface area (Å²) < 4.78 is 5.49. The number of rotatable bonds is 5. The van der Waals surface area contributed by atoms with E-state index in [-0.39, 0.29) is 0 Å². The Morgan fingerprint density at radius 2 is 1.96 bits per heavy atom. The van der Waals surface area contributed by atoms with Gasteiger partial charge >= 0.3 is 0 Å². The van der Waals surface area contributed by atoms with Gasteiger partial charge in [0.15, 0.2) is 0 Å². The Hall–Kier alpha value is -2.18. The van der Waals surface area contributed by atoms with Crippen LogP contribution in [-0.4, -0.2) is 41.1 Å². The molecule has 0 amide bonds. The van der Waals surface area contributed by atoms with Gasteiger partial charge in [-0.3, -0.25) is 4.90 Å². The zero-order valence-electron chi connectivity index (χ0n) is 16.2. The molecule has 4 rings (SSSR count). The van der Waals surface area contributed by atoms with Gasteiger partial charge < -0.3 is 10.1 Å². The molecule has 0 radical (unpaired) electrons. The minimum Gasteiger partial charge on any atom is -0.496 e. The second-order valence-corrected chi connectivity index (χ2v) is 8.40. The lowest BCUT2D eigenvalue weighted by molar-refractivity contribution is 0.209. The molecule has 1 saturated heterocycles. The number of methoxy groups -OCH3 is 1. The van der Waals surface area contributed by atoms with Crippen LogP contribution in [0.15, 0.2) is 30.6 Å². The van der Waals surface area contributed by atoms with Gasteiger partial charge in [0.2, 0.25) is 0 Å². The van der Waals surface area contributed by atoms with Crippen molar-refractivity contribution in [2.45, 2.75) is 39.3 Å². The fourth-order valence-electron chi connectivity index (χ4n) is 3.80. The molecule has 6 heteroatoms. The lowest BCUT2D eigenvalue weighted by atomic mass is 10.0. The normalized spacial score (nSPS) is 16.0. The molecule has 0 atom stereocenters. The maximum absolute atomic E-state index is 5.49.